The summed E-state index contributed by atoms with van der Waals surface area (Å²) in [5.41, 5.74) is 2.26. The largest absolute Gasteiger partial charge is 0.349 e. The first-order chi connectivity index (χ1) is 14.3. The van der Waals surface area contributed by atoms with E-state index >= 15 is 0 Å². The Hall–Kier alpha value is -2.87. The standard InChI is InChI=1S/C22H23FN4O2S/c1-12-18-13(2)24-14(3)25-21(18)30-19(12)22(29)27-10-8-17(9-11-27)26-20(28)15-4-6-16(23)7-5-15/h4-7,17H,8-11H2,1-3H3,(H,26,28). The van der Waals surface area contributed by atoms with E-state index in [1.54, 1.807) is 0 Å². The molecule has 6 nitrogen and oxygen atoms in total. The van der Waals surface area contributed by atoms with Crippen molar-refractivity contribution in [1.82, 2.24) is 20.2 Å². The van der Waals surface area contributed by atoms with Crippen LogP contribution >= 0.6 is 11.3 Å². The van der Waals surface area contributed by atoms with Crippen LogP contribution in [-0.2, 0) is 0 Å². The average molecular weight is 427 g/mol. The predicted octanol–water partition coefficient (Wildman–Crippen LogP) is 3.79. The van der Waals surface area contributed by atoms with E-state index in [1.807, 2.05) is 25.7 Å². The van der Waals surface area contributed by atoms with Gasteiger partial charge in [-0.2, -0.15) is 0 Å². The molecule has 1 saturated heterocycles. The zero-order chi connectivity index (χ0) is 21.4. The zero-order valence-electron chi connectivity index (χ0n) is 17.2. The Morgan fingerprint density at radius 3 is 2.43 bits per heavy atom. The van der Waals surface area contributed by atoms with Gasteiger partial charge < -0.3 is 10.2 Å². The highest BCUT2D eigenvalue weighted by molar-refractivity contribution is 7.20. The molecule has 0 saturated carbocycles. The lowest BCUT2D eigenvalue weighted by atomic mass is 10.0. The van der Waals surface area contributed by atoms with Crippen molar-refractivity contribution in [3.05, 3.63) is 57.6 Å². The third-order valence-electron chi connectivity index (χ3n) is 5.50. The van der Waals surface area contributed by atoms with E-state index in [-0.39, 0.29) is 23.7 Å². The number of likely N-dealkylation sites (tertiary alicyclic amines) is 1. The number of piperidine rings is 1. The molecule has 156 valence electrons. The van der Waals surface area contributed by atoms with Crippen LogP contribution in [0.4, 0.5) is 4.39 Å². The van der Waals surface area contributed by atoms with Crippen molar-refractivity contribution in [1.29, 1.82) is 0 Å². The van der Waals surface area contributed by atoms with Gasteiger partial charge in [0.2, 0.25) is 0 Å². The number of benzene rings is 1. The molecule has 0 atom stereocenters. The Bertz CT molecular complexity index is 1120. The molecule has 0 bridgehead atoms. The highest BCUT2D eigenvalue weighted by Crippen LogP contribution is 2.32. The van der Waals surface area contributed by atoms with Gasteiger partial charge >= 0.3 is 0 Å². The monoisotopic (exact) mass is 426 g/mol. The molecule has 3 heterocycles. The van der Waals surface area contributed by atoms with Crippen molar-refractivity contribution in [3.63, 3.8) is 0 Å². The fourth-order valence-corrected chi connectivity index (χ4v) is 5.16. The minimum absolute atomic E-state index is 0.00845. The van der Waals surface area contributed by atoms with Gasteiger partial charge in [-0.25, -0.2) is 14.4 Å². The Kier molecular flexibility index (Phi) is 5.51. The number of amides is 2. The maximum absolute atomic E-state index is 13.1. The van der Waals surface area contributed by atoms with Crippen LogP contribution in [0.2, 0.25) is 0 Å². The smallest absolute Gasteiger partial charge is 0.264 e. The van der Waals surface area contributed by atoms with Crippen molar-refractivity contribution < 1.29 is 14.0 Å². The lowest BCUT2D eigenvalue weighted by Gasteiger charge is -2.32. The second-order valence-electron chi connectivity index (χ2n) is 7.64. The van der Waals surface area contributed by atoms with Crippen LogP contribution in [0.25, 0.3) is 10.2 Å². The van der Waals surface area contributed by atoms with Gasteiger partial charge in [0.25, 0.3) is 11.8 Å². The van der Waals surface area contributed by atoms with Crippen molar-refractivity contribution in [3.8, 4) is 0 Å². The van der Waals surface area contributed by atoms with Crippen LogP contribution in [0.15, 0.2) is 24.3 Å². The molecule has 1 aliphatic rings. The van der Waals surface area contributed by atoms with Crippen LogP contribution < -0.4 is 5.32 Å². The molecular weight excluding hydrogens is 403 g/mol. The summed E-state index contributed by atoms with van der Waals surface area (Å²) < 4.78 is 13.0. The van der Waals surface area contributed by atoms with Gasteiger partial charge in [0.1, 0.15) is 16.5 Å². The first-order valence-electron chi connectivity index (χ1n) is 9.93. The minimum atomic E-state index is -0.369. The van der Waals surface area contributed by atoms with Gasteiger partial charge in [-0.3, -0.25) is 9.59 Å². The van der Waals surface area contributed by atoms with E-state index in [1.165, 1.54) is 35.6 Å². The molecule has 1 fully saturated rings. The topological polar surface area (TPSA) is 75.2 Å². The number of carbonyl (C=O) groups excluding carboxylic acids is 2. The molecule has 0 unspecified atom stereocenters. The van der Waals surface area contributed by atoms with Crippen molar-refractivity contribution >= 4 is 33.4 Å². The molecule has 1 aliphatic heterocycles. The van der Waals surface area contributed by atoms with Crippen molar-refractivity contribution in [2.24, 2.45) is 0 Å². The third-order valence-corrected chi connectivity index (χ3v) is 6.67. The maximum Gasteiger partial charge on any atom is 0.264 e. The van der Waals surface area contributed by atoms with Crippen molar-refractivity contribution in [2.45, 2.75) is 39.7 Å². The number of hydrogen-bond donors (Lipinski definition) is 1. The Morgan fingerprint density at radius 2 is 1.77 bits per heavy atom. The summed E-state index contributed by atoms with van der Waals surface area (Å²) in [6, 6.07) is 5.49. The van der Waals surface area contributed by atoms with E-state index in [2.05, 4.69) is 15.3 Å². The van der Waals surface area contributed by atoms with Crippen molar-refractivity contribution in [2.75, 3.05) is 13.1 Å². The Morgan fingerprint density at radius 1 is 1.10 bits per heavy atom. The second kappa shape index (κ2) is 8.10. The van der Waals surface area contributed by atoms with Gasteiger partial charge in [-0.1, -0.05) is 0 Å². The number of rotatable bonds is 3. The van der Waals surface area contributed by atoms with Crippen LogP contribution in [0.1, 0.15) is 50.0 Å². The number of nitrogens with zero attached hydrogens (tertiary/aromatic N) is 3. The molecule has 2 aromatic heterocycles. The van der Waals surface area contributed by atoms with Crippen LogP contribution in [-0.4, -0.2) is 45.8 Å². The maximum atomic E-state index is 13.1. The average Bonchev–Trinajstić information content (AvgIpc) is 3.05. The van der Waals surface area contributed by atoms with Crippen LogP contribution in [0.5, 0.6) is 0 Å². The second-order valence-corrected chi connectivity index (χ2v) is 8.64. The van der Waals surface area contributed by atoms with Gasteiger partial charge in [-0.05, 0) is 63.4 Å². The fraction of sp³-hybridized carbons (Fsp3) is 0.364. The first-order valence-corrected chi connectivity index (χ1v) is 10.7. The van der Waals surface area contributed by atoms with E-state index < -0.39 is 0 Å². The molecule has 3 aromatic rings. The molecular formula is C22H23FN4O2S. The van der Waals surface area contributed by atoms with E-state index in [9.17, 15) is 14.0 Å². The predicted molar refractivity (Wildman–Crippen MR) is 114 cm³/mol. The van der Waals surface area contributed by atoms with E-state index in [0.717, 1.165) is 21.5 Å². The molecule has 0 spiro atoms. The van der Waals surface area contributed by atoms with Gasteiger partial charge in [0.05, 0.1) is 4.88 Å². The van der Waals surface area contributed by atoms with Gasteiger partial charge in [0, 0.05) is 35.8 Å². The number of aryl methyl sites for hydroxylation is 3. The summed E-state index contributed by atoms with van der Waals surface area (Å²) >= 11 is 1.42. The van der Waals surface area contributed by atoms with Crippen LogP contribution in [0.3, 0.4) is 0 Å². The Labute approximate surface area is 178 Å². The molecule has 30 heavy (non-hydrogen) atoms. The molecule has 4 rings (SSSR count). The summed E-state index contributed by atoms with van der Waals surface area (Å²) in [7, 11) is 0. The first kappa shape index (κ1) is 20.4. The summed E-state index contributed by atoms with van der Waals surface area (Å²) in [4.78, 5) is 37.8. The number of aromatic nitrogens is 2. The molecule has 0 radical (unpaired) electrons. The summed E-state index contributed by atoms with van der Waals surface area (Å²) in [6.07, 6.45) is 1.36. The Balaban J connectivity index is 1.42. The molecule has 0 aliphatic carbocycles. The quantitative estimate of drug-likeness (QED) is 0.691. The molecule has 1 N–H and O–H groups in total. The number of hydrogen-bond acceptors (Lipinski definition) is 5. The number of halogens is 1. The molecule has 2 amide bonds. The van der Waals surface area contributed by atoms with E-state index in [4.69, 9.17) is 0 Å². The summed E-state index contributed by atoms with van der Waals surface area (Å²) in [5.74, 6) is 0.129. The fourth-order valence-electron chi connectivity index (χ4n) is 3.92. The summed E-state index contributed by atoms with van der Waals surface area (Å²) in [6.45, 7) is 6.90. The highest BCUT2D eigenvalue weighted by atomic mass is 32.1. The minimum Gasteiger partial charge on any atom is -0.349 e. The number of carbonyl (C=O) groups is 2. The summed E-state index contributed by atoms with van der Waals surface area (Å²) in [5, 5.41) is 3.95. The number of thiophene rings is 1. The lowest BCUT2D eigenvalue weighted by molar-refractivity contribution is 0.0702. The number of nitrogens with one attached hydrogen (secondary N) is 1. The van der Waals surface area contributed by atoms with E-state index in [0.29, 0.717) is 42.2 Å². The van der Waals surface area contributed by atoms with Crippen LogP contribution in [0, 0.1) is 26.6 Å². The SMILES string of the molecule is Cc1nc(C)c2c(C)c(C(=O)N3CCC(NC(=O)c4ccc(F)cc4)CC3)sc2n1. The number of fused-ring (bicyclic) bond motifs is 1. The lowest BCUT2D eigenvalue weighted by Crippen LogP contribution is -2.46. The molecule has 8 heteroatoms. The van der Waals surface area contributed by atoms with Gasteiger partial charge in [-0.15, -0.1) is 11.3 Å². The third kappa shape index (κ3) is 3.92. The zero-order valence-corrected chi connectivity index (χ0v) is 18.0. The highest BCUT2D eigenvalue weighted by Gasteiger charge is 2.28. The van der Waals surface area contributed by atoms with Gasteiger partial charge in [0.15, 0.2) is 0 Å². The molecule has 1 aromatic carbocycles. The normalized spacial score (nSPS) is 14.9.